The molecule has 0 aliphatic heterocycles. The Morgan fingerprint density at radius 1 is 1.16 bits per heavy atom. The number of fused-ring (bicyclic) bond motifs is 1. The second kappa shape index (κ2) is 13.8. The number of halogens is 4. The SMILES string of the molecule is COCCN(C)C1CCC(Nc2ncc3cc(-c4ccc(NS(=O)(=O)CCC(F)(F)F)c(F)c4)c(=O)n(C(C)C)c3n2)CC1. The average molecular weight is 643 g/mol. The van der Waals surface area contributed by atoms with Crippen LogP contribution in [0.2, 0.25) is 0 Å². The lowest BCUT2D eigenvalue weighted by Gasteiger charge is -2.34. The Balaban J connectivity index is 1.55. The van der Waals surface area contributed by atoms with E-state index in [9.17, 15) is 30.8 Å². The standard InChI is InChI=1S/C29H38F4N6O4S/c1-18(2)39-26-20(17-34-28(36-26)35-21-6-8-22(9-7-21)38(3)12-13-43-4)15-23(27(39)40)19-5-10-25(24(30)16-19)37-44(41,42)14-11-29(31,32)33/h5,10,15-18,21-22,37H,6-9,11-14H2,1-4H3,(H,34,35,36). The number of methoxy groups -OCH3 is 1. The molecule has 1 fully saturated rings. The van der Waals surface area contributed by atoms with E-state index in [2.05, 4.69) is 27.2 Å². The van der Waals surface area contributed by atoms with E-state index in [1.807, 2.05) is 18.6 Å². The van der Waals surface area contributed by atoms with Gasteiger partial charge in [0.2, 0.25) is 16.0 Å². The van der Waals surface area contributed by atoms with E-state index in [1.54, 1.807) is 19.4 Å². The van der Waals surface area contributed by atoms with Crippen molar-refractivity contribution in [3.63, 3.8) is 0 Å². The third kappa shape index (κ3) is 8.45. The van der Waals surface area contributed by atoms with Crippen molar-refractivity contribution in [2.45, 2.75) is 70.3 Å². The first-order valence-electron chi connectivity index (χ1n) is 14.4. The molecule has 1 saturated carbocycles. The van der Waals surface area contributed by atoms with Gasteiger partial charge in [0.1, 0.15) is 11.5 Å². The van der Waals surface area contributed by atoms with E-state index >= 15 is 0 Å². The Hall–Kier alpha value is -3.30. The van der Waals surface area contributed by atoms with E-state index in [1.165, 1.54) is 10.6 Å². The zero-order chi connectivity index (χ0) is 32.2. The number of nitrogens with one attached hydrogen (secondary N) is 2. The summed E-state index contributed by atoms with van der Waals surface area (Å²) < 4.78 is 85.0. The molecule has 0 unspecified atom stereocenters. The molecule has 0 radical (unpaired) electrons. The van der Waals surface area contributed by atoms with Crippen LogP contribution in [-0.2, 0) is 14.8 Å². The molecular weight excluding hydrogens is 604 g/mol. The van der Waals surface area contributed by atoms with Gasteiger partial charge in [-0.25, -0.2) is 17.8 Å². The summed E-state index contributed by atoms with van der Waals surface area (Å²) in [5, 5.41) is 3.95. The number of ether oxygens (including phenoxy) is 1. The maximum absolute atomic E-state index is 14.9. The van der Waals surface area contributed by atoms with Crippen LogP contribution in [0.15, 0.2) is 35.3 Å². The van der Waals surface area contributed by atoms with Crippen LogP contribution in [0.25, 0.3) is 22.2 Å². The molecule has 2 aromatic heterocycles. The summed E-state index contributed by atoms with van der Waals surface area (Å²) in [6.45, 7) is 5.21. The number of anilines is 2. The Morgan fingerprint density at radius 2 is 1.86 bits per heavy atom. The van der Waals surface area contributed by atoms with Gasteiger partial charge in [-0.2, -0.15) is 18.2 Å². The maximum atomic E-state index is 14.9. The van der Waals surface area contributed by atoms with E-state index in [-0.39, 0.29) is 23.2 Å². The van der Waals surface area contributed by atoms with Gasteiger partial charge in [-0.3, -0.25) is 14.1 Å². The van der Waals surface area contributed by atoms with Crippen LogP contribution in [0.4, 0.5) is 29.2 Å². The second-order valence-electron chi connectivity index (χ2n) is 11.4. The minimum Gasteiger partial charge on any atom is -0.383 e. The van der Waals surface area contributed by atoms with Crippen LogP contribution in [-0.4, -0.2) is 79.2 Å². The van der Waals surface area contributed by atoms with Crippen molar-refractivity contribution in [1.82, 2.24) is 19.4 Å². The van der Waals surface area contributed by atoms with Gasteiger partial charge in [0.15, 0.2) is 0 Å². The predicted octanol–water partition coefficient (Wildman–Crippen LogP) is 5.17. The van der Waals surface area contributed by atoms with E-state index < -0.39 is 45.4 Å². The fourth-order valence-electron chi connectivity index (χ4n) is 5.37. The second-order valence-corrected chi connectivity index (χ2v) is 13.2. The van der Waals surface area contributed by atoms with Crippen molar-refractivity contribution < 1.29 is 30.7 Å². The molecule has 0 bridgehead atoms. The molecule has 0 amide bonds. The third-order valence-corrected chi connectivity index (χ3v) is 9.06. The largest absolute Gasteiger partial charge is 0.390 e. The minimum absolute atomic E-state index is 0.136. The molecule has 0 atom stereocenters. The van der Waals surface area contributed by atoms with Gasteiger partial charge >= 0.3 is 6.18 Å². The summed E-state index contributed by atoms with van der Waals surface area (Å²) >= 11 is 0. The first kappa shape index (κ1) is 33.6. The molecule has 1 aliphatic rings. The smallest absolute Gasteiger partial charge is 0.383 e. The summed E-state index contributed by atoms with van der Waals surface area (Å²) in [5.74, 6) is -1.88. The Kier molecular flexibility index (Phi) is 10.5. The fraction of sp³-hybridized carbons (Fsp3) is 0.552. The number of nitrogens with zero attached hydrogens (tertiary/aromatic N) is 4. The summed E-state index contributed by atoms with van der Waals surface area (Å²) in [5.41, 5.74) is -0.243. The van der Waals surface area contributed by atoms with Crippen LogP contribution in [0.1, 0.15) is 52.0 Å². The van der Waals surface area contributed by atoms with Gasteiger partial charge in [-0.15, -0.1) is 0 Å². The number of sulfonamides is 1. The molecule has 44 heavy (non-hydrogen) atoms. The molecule has 0 saturated heterocycles. The Morgan fingerprint density at radius 3 is 2.48 bits per heavy atom. The molecule has 3 aromatic rings. The number of hydrogen-bond donors (Lipinski definition) is 2. The topological polar surface area (TPSA) is 118 Å². The quantitative estimate of drug-likeness (QED) is 0.260. The van der Waals surface area contributed by atoms with Gasteiger partial charge in [-0.05, 0) is 70.3 Å². The van der Waals surface area contributed by atoms with Crippen molar-refractivity contribution >= 4 is 32.7 Å². The maximum Gasteiger partial charge on any atom is 0.390 e. The lowest BCUT2D eigenvalue weighted by atomic mass is 9.90. The van der Waals surface area contributed by atoms with E-state index in [0.29, 0.717) is 29.6 Å². The van der Waals surface area contributed by atoms with Crippen molar-refractivity contribution in [3.05, 3.63) is 46.6 Å². The van der Waals surface area contributed by atoms with Gasteiger partial charge in [0.05, 0.1) is 24.5 Å². The minimum atomic E-state index is -4.68. The number of rotatable bonds is 12. The summed E-state index contributed by atoms with van der Waals surface area (Å²) in [7, 11) is -0.651. The third-order valence-electron chi connectivity index (χ3n) is 7.79. The number of hydrogen-bond acceptors (Lipinski definition) is 8. The zero-order valence-electron chi connectivity index (χ0n) is 25.1. The molecule has 0 spiro atoms. The van der Waals surface area contributed by atoms with Crippen molar-refractivity contribution in [3.8, 4) is 11.1 Å². The first-order valence-corrected chi connectivity index (χ1v) is 16.1. The van der Waals surface area contributed by atoms with Crippen LogP contribution in [0.3, 0.4) is 0 Å². The predicted molar refractivity (Wildman–Crippen MR) is 162 cm³/mol. The van der Waals surface area contributed by atoms with Gasteiger partial charge < -0.3 is 15.0 Å². The highest BCUT2D eigenvalue weighted by Crippen LogP contribution is 2.28. The molecule has 1 aromatic carbocycles. The Bertz CT molecular complexity index is 1620. The molecule has 2 heterocycles. The number of benzene rings is 1. The summed E-state index contributed by atoms with van der Waals surface area (Å²) in [4.78, 5) is 25.1. The van der Waals surface area contributed by atoms with Crippen LogP contribution < -0.4 is 15.6 Å². The van der Waals surface area contributed by atoms with Gasteiger partial charge in [-0.1, -0.05) is 6.07 Å². The zero-order valence-corrected chi connectivity index (χ0v) is 25.9. The van der Waals surface area contributed by atoms with Crippen LogP contribution in [0.5, 0.6) is 0 Å². The highest BCUT2D eigenvalue weighted by molar-refractivity contribution is 7.92. The lowest BCUT2D eigenvalue weighted by Crippen LogP contribution is -2.39. The summed E-state index contributed by atoms with van der Waals surface area (Å²) in [6.07, 6.45) is -0.715. The van der Waals surface area contributed by atoms with E-state index in [0.717, 1.165) is 44.4 Å². The molecule has 10 nitrogen and oxygen atoms in total. The normalized spacial score (nSPS) is 17.9. The molecule has 242 valence electrons. The molecule has 1 aliphatic carbocycles. The highest BCUT2D eigenvalue weighted by atomic mass is 32.2. The summed E-state index contributed by atoms with van der Waals surface area (Å²) in [6, 6.07) is 5.28. The fourth-order valence-corrected chi connectivity index (χ4v) is 6.47. The van der Waals surface area contributed by atoms with Crippen molar-refractivity contribution in [2.24, 2.45) is 0 Å². The number of aromatic nitrogens is 3. The van der Waals surface area contributed by atoms with Gasteiger partial charge in [0, 0.05) is 48.9 Å². The van der Waals surface area contributed by atoms with Crippen LogP contribution in [0, 0.1) is 5.82 Å². The van der Waals surface area contributed by atoms with E-state index in [4.69, 9.17) is 4.74 Å². The van der Waals surface area contributed by atoms with Crippen molar-refractivity contribution in [2.75, 3.05) is 43.1 Å². The lowest BCUT2D eigenvalue weighted by molar-refractivity contribution is -0.129. The monoisotopic (exact) mass is 642 g/mol. The highest BCUT2D eigenvalue weighted by Gasteiger charge is 2.30. The van der Waals surface area contributed by atoms with Crippen molar-refractivity contribution in [1.29, 1.82) is 0 Å². The van der Waals surface area contributed by atoms with Gasteiger partial charge in [0.25, 0.3) is 5.56 Å². The first-order chi connectivity index (χ1) is 20.7. The average Bonchev–Trinajstić information content (AvgIpc) is 2.95. The molecule has 15 heteroatoms. The number of pyridine rings is 1. The molecular formula is C29H38F4N6O4S. The molecule has 2 N–H and O–H groups in total. The Labute approximate surface area is 253 Å². The molecule has 4 rings (SSSR count). The number of alkyl halides is 3. The van der Waals surface area contributed by atoms with Crippen LogP contribution >= 0.6 is 0 Å². The number of likely N-dealkylation sites (N-methyl/N-ethyl adjacent to an activating group) is 1.